The number of rotatable bonds is 10. The van der Waals surface area contributed by atoms with Gasteiger partial charge in [-0.3, -0.25) is 9.69 Å². The van der Waals surface area contributed by atoms with Crippen LogP contribution in [0.1, 0.15) is 94.1 Å². The molecule has 1 amide bonds. The third-order valence-corrected chi connectivity index (χ3v) is 14.3. The lowest BCUT2D eigenvalue weighted by molar-refractivity contribution is -0.155. The van der Waals surface area contributed by atoms with E-state index in [-0.39, 0.29) is 43.8 Å². The first kappa shape index (κ1) is 34.9. The van der Waals surface area contributed by atoms with Crippen LogP contribution in [0.5, 0.6) is 0 Å². The van der Waals surface area contributed by atoms with Crippen LogP contribution in [0.25, 0.3) is 0 Å². The molecule has 41 heavy (non-hydrogen) atoms. The third kappa shape index (κ3) is 9.32. The fourth-order valence-corrected chi connectivity index (χ4v) is 11.6. The van der Waals surface area contributed by atoms with Crippen LogP contribution in [-0.4, -0.2) is 61.3 Å². The Labute approximate surface area is 249 Å². The van der Waals surface area contributed by atoms with Crippen molar-refractivity contribution in [3.05, 3.63) is 35.9 Å². The predicted octanol–water partition coefficient (Wildman–Crippen LogP) is 7.08. The van der Waals surface area contributed by atoms with Gasteiger partial charge in [-0.1, -0.05) is 83.7 Å². The van der Waals surface area contributed by atoms with Gasteiger partial charge in [0.1, 0.15) is 13.2 Å². The largest absolute Gasteiger partial charge is 0.462 e. The summed E-state index contributed by atoms with van der Waals surface area (Å²) < 4.78 is 18.2. The van der Waals surface area contributed by atoms with Crippen molar-refractivity contribution in [1.82, 2.24) is 4.90 Å². The van der Waals surface area contributed by atoms with Gasteiger partial charge in [0.25, 0.3) is 0 Å². The first-order valence-electron chi connectivity index (χ1n) is 15.1. The minimum Gasteiger partial charge on any atom is -0.462 e. The summed E-state index contributed by atoms with van der Waals surface area (Å²) in [6, 6.07) is 9.03. The summed E-state index contributed by atoms with van der Waals surface area (Å²) in [5, 5.41) is 10.4. The molecule has 1 N–H and O–H groups in total. The van der Waals surface area contributed by atoms with Gasteiger partial charge in [-0.25, -0.2) is 4.79 Å². The van der Waals surface area contributed by atoms with E-state index in [9.17, 15) is 14.7 Å². The van der Waals surface area contributed by atoms with Gasteiger partial charge < -0.3 is 19.0 Å². The highest BCUT2D eigenvalue weighted by molar-refractivity contribution is 6.77. The molecule has 1 aromatic carbocycles. The third-order valence-electron chi connectivity index (χ3n) is 8.14. The first-order chi connectivity index (χ1) is 19.1. The van der Waals surface area contributed by atoms with E-state index < -0.39 is 25.9 Å². The molecule has 230 valence electrons. The molecule has 1 aromatic rings. The normalized spacial score (nSPS) is 20.5. The second-order valence-corrected chi connectivity index (χ2v) is 18.7. The predicted molar refractivity (Wildman–Crippen MR) is 166 cm³/mol. The number of nitrogens with zero attached hydrogens (tertiary/aromatic N) is 1. The molecule has 4 atom stereocenters. The number of carbonyl (C=O) groups excluding carboxylic acids is 2. The maximum Gasteiger partial charge on any atom is 0.411 e. The fourth-order valence-electron chi connectivity index (χ4n) is 5.96. The van der Waals surface area contributed by atoms with Crippen LogP contribution in [0.15, 0.2) is 30.3 Å². The van der Waals surface area contributed by atoms with Crippen molar-refractivity contribution in [1.29, 1.82) is 0 Å². The maximum absolute atomic E-state index is 13.6. The van der Waals surface area contributed by atoms with Crippen molar-refractivity contribution in [2.24, 2.45) is 5.41 Å². The number of hydrogen-bond donors (Lipinski definition) is 1. The van der Waals surface area contributed by atoms with Gasteiger partial charge in [0.05, 0.1) is 29.7 Å². The Kier molecular flexibility index (Phi) is 12.9. The summed E-state index contributed by atoms with van der Waals surface area (Å²) in [4.78, 5) is 27.3. The average molecular weight is 588 g/mol. The molecule has 1 fully saturated rings. The molecular weight excluding hydrogens is 534 g/mol. The zero-order chi connectivity index (χ0) is 31.0. The highest BCUT2D eigenvalue weighted by atomic mass is 28.4. The molecule has 0 bridgehead atoms. The maximum atomic E-state index is 13.6. The quantitative estimate of drug-likeness (QED) is 0.179. The number of aliphatic hydroxyl groups is 1. The second-order valence-electron chi connectivity index (χ2n) is 13.3. The van der Waals surface area contributed by atoms with Crippen LogP contribution in [0.3, 0.4) is 0 Å². The zero-order valence-corrected chi connectivity index (χ0v) is 27.9. The zero-order valence-electron chi connectivity index (χ0n) is 26.9. The summed E-state index contributed by atoms with van der Waals surface area (Å²) in [6.45, 7) is 21.0. The van der Waals surface area contributed by atoms with Gasteiger partial charge in [-0.15, -0.1) is 0 Å². The van der Waals surface area contributed by atoms with E-state index in [1.165, 1.54) is 0 Å². The van der Waals surface area contributed by atoms with Crippen LogP contribution in [0.2, 0.25) is 16.6 Å². The molecule has 7 nitrogen and oxygen atoms in total. The molecule has 1 aliphatic heterocycles. The molecule has 0 aliphatic carbocycles. The number of amides is 1. The number of aliphatic hydroxyl groups excluding tert-OH is 1. The smallest absolute Gasteiger partial charge is 0.411 e. The Balaban J connectivity index is 2.23. The van der Waals surface area contributed by atoms with Crippen LogP contribution in [0.4, 0.5) is 4.79 Å². The lowest BCUT2D eigenvalue weighted by atomic mass is 9.94. The topological polar surface area (TPSA) is 85.3 Å². The summed E-state index contributed by atoms with van der Waals surface area (Å²) in [6.07, 6.45) is 0.141. The summed E-state index contributed by atoms with van der Waals surface area (Å²) in [7, 11) is -2.18. The Morgan fingerprint density at radius 2 is 1.59 bits per heavy atom. The van der Waals surface area contributed by atoms with Crippen molar-refractivity contribution in [2.75, 3.05) is 6.61 Å². The van der Waals surface area contributed by atoms with E-state index in [0.717, 1.165) is 12.0 Å². The molecule has 1 aliphatic rings. The van der Waals surface area contributed by atoms with Crippen molar-refractivity contribution in [3.63, 3.8) is 0 Å². The van der Waals surface area contributed by atoms with E-state index in [1.807, 2.05) is 37.3 Å². The molecule has 0 unspecified atom stereocenters. The highest BCUT2D eigenvalue weighted by Gasteiger charge is 2.49. The van der Waals surface area contributed by atoms with Gasteiger partial charge >= 0.3 is 12.1 Å². The summed E-state index contributed by atoms with van der Waals surface area (Å²) in [5.41, 5.74) is 1.57. The minimum absolute atomic E-state index is 0.112. The number of hydrogen-bond acceptors (Lipinski definition) is 6. The van der Waals surface area contributed by atoms with E-state index in [2.05, 4.69) is 53.4 Å². The lowest BCUT2D eigenvalue weighted by Crippen LogP contribution is -2.59. The summed E-state index contributed by atoms with van der Waals surface area (Å²) in [5.74, 6) is 5.89. The number of carbonyl (C=O) groups is 2. The summed E-state index contributed by atoms with van der Waals surface area (Å²) >= 11 is 0. The fraction of sp³-hybridized carbons (Fsp3) is 0.697. The van der Waals surface area contributed by atoms with Crippen molar-refractivity contribution < 1.29 is 28.6 Å². The van der Waals surface area contributed by atoms with Gasteiger partial charge in [0, 0.05) is 6.42 Å². The van der Waals surface area contributed by atoms with Crippen LogP contribution in [0, 0.1) is 17.3 Å². The number of likely N-dealkylation sites (tertiary alicyclic amines) is 1. The Morgan fingerprint density at radius 1 is 1.00 bits per heavy atom. The monoisotopic (exact) mass is 587 g/mol. The number of piperidine rings is 1. The van der Waals surface area contributed by atoms with E-state index >= 15 is 0 Å². The first-order valence-corrected chi connectivity index (χ1v) is 17.3. The van der Waals surface area contributed by atoms with Gasteiger partial charge in [-0.2, -0.15) is 0 Å². The molecular formula is C33H53NO6Si. The van der Waals surface area contributed by atoms with Crippen molar-refractivity contribution in [2.45, 2.75) is 136 Å². The molecule has 0 radical (unpaired) electrons. The molecule has 1 heterocycles. The molecule has 8 heteroatoms. The lowest BCUT2D eigenvalue weighted by Gasteiger charge is -2.49. The van der Waals surface area contributed by atoms with E-state index in [1.54, 1.807) is 25.7 Å². The molecule has 0 spiro atoms. The average Bonchev–Trinajstić information content (AvgIpc) is 2.89. The molecule has 2 rings (SSSR count). The standard InChI is InChI=1S/C33H53NO6Si/c1-23(2)41(24(3)4,25(5)6)40-30-20-19-28(17-14-18-29(35)22-38-31(36)33(8,9)10)34(26(30)7)32(37)39-21-27-15-12-11-13-16-27/h11-13,15-16,23-26,28-30,35H,18-22H2,1-10H3/t26-,28-,29+,30+/m0/s1. The van der Waals surface area contributed by atoms with Crippen LogP contribution in [-0.2, 0) is 25.3 Å². The minimum atomic E-state index is -2.18. The molecule has 0 aromatic heterocycles. The van der Waals surface area contributed by atoms with Crippen LogP contribution >= 0.6 is 0 Å². The van der Waals surface area contributed by atoms with Crippen LogP contribution < -0.4 is 0 Å². The molecule has 1 saturated heterocycles. The van der Waals surface area contributed by atoms with Crippen molar-refractivity contribution in [3.8, 4) is 11.8 Å². The van der Waals surface area contributed by atoms with Gasteiger partial charge in [-0.05, 0) is 62.7 Å². The molecule has 0 saturated carbocycles. The Morgan fingerprint density at radius 3 is 2.12 bits per heavy atom. The Bertz CT molecular complexity index is 1020. The SMILES string of the molecule is CC(C)[Si](O[C@@H]1CC[C@H](C#CC[C@@H](O)COC(=O)C(C)(C)C)N(C(=O)OCc2ccccc2)[C@H]1C)(C(C)C)C(C)C. The van der Waals surface area contributed by atoms with E-state index in [4.69, 9.17) is 13.9 Å². The Hall–Kier alpha value is -2.34. The van der Waals surface area contributed by atoms with Crippen molar-refractivity contribution >= 4 is 20.4 Å². The van der Waals surface area contributed by atoms with E-state index in [0.29, 0.717) is 23.0 Å². The number of ether oxygens (including phenoxy) is 2. The highest BCUT2D eigenvalue weighted by Crippen LogP contribution is 2.44. The van der Waals surface area contributed by atoms with Gasteiger partial charge in [0.15, 0.2) is 0 Å². The number of benzene rings is 1. The van der Waals surface area contributed by atoms with Gasteiger partial charge in [0.2, 0.25) is 8.32 Å². The number of esters is 1. The second kappa shape index (κ2) is 15.2.